The minimum Gasteiger partial charge on any atom is -0.461 e. The van der Waals surface area contributed by atoms with E-state index in [9.17, 15) is 18.0 Å². The fourth-order valence-electron chi connectivity index (χ4n) is 8.81. The van der Waals surface area contributed by atoms with Gasteiger partial charge in [0.15, 0.2) is 11.5 Å². The van der Waals surface area contributed by atoms with E-state index in [0.29, 0.717) is 55.4 Å². The van der Waals surface area contributed by atoms with E-state index < -0.39 is 40.5 Å². The van der Waals surface area contributed by atoms with Crippen LogP contribution < -0.4 is 15.4 Å². The highest BCUT2D eigenvalue weighted by Gasteiger charge is 2.47. The molecule has 8 rings (SSSR count). The van der Waals surface area contributed by atoms with E-state index in [0.717, 1.165) is 68.1 Å². The molecule has 1 saturated carbocycles. The summed E-state index contributed by atoms with van der Waals surface area (Å²) in [5.74, 6) is 4.37. The Labute approximate surface area is 311 Å². The Morgan fingerprint density at radius 2 is 1.96 bits per heavy atom. The number of hydrogen-bond donors (Lipinski definition) is 1. The minimum absolute atomic E-state index is 0.0911. The third-order valence-electron chi connectivity index (χ3n) is 11.4. The molecule has 2 aromatic heterocycles. The smallest absolute Gasteiger partial charge is 0.418 e. The van der Waals surface area contributed by atoms with Crippen molar-refractivity contribution in [3.63, 3.8) is 0 Å². The number of amides is 1. The van der Waals surface area contributed by atoms with Gasteiger partial charge in [0.25, 0.3) is 5.91 Å². The second kappa shape index (κ2) is 13.6. The van der Waals surface area contributed by atoms with E-state index in [2.05, 4.69) is 28.2 Å². The highest BCUT2D eigenvalue weighted by atomic mass is 19.4. The Bertz CT molecular complexity index is 2100. The molecule has 11 nitrogen and oxygen atoms in total. The molecule has 3 aromatic rings. The van der Waals surface area contributed by atoms with Crippen LogP contribution in [0.15, 0.2) is 18.2 Å². The normalized spacial score (nSPS) is 22.6. The number of halogens is 4. The molecule has 286 valence electrons. The summed E-state index contributed by atoms with van der Waals surface area (Å²) in [6, 6.07) is 1.01. The molecule has 4 aliphatic heterocycles. The second-order valence-corrected chi connectivity index (χ2v) is 15.4. The molecule has 2 atom stereocenters. The van der Waals surface area contributed by atoms with E-state index in [1.807, 2.05) is 4.68 Å². The van der Waals surface area contributed by atoms with Gasteiger partial charge in [-0.05, 0) is 64.0 Å². The summed E-state index contributed by atoms with van der Waals surface area (Å²) >= 11 is 0. The van der Waals surface area contributed by atoms with Gasteiger partial charge in [-0.1, -0.05) is 18.1 Å². The van der Waals surface area contributed by atoms with Crippen LogP contribution in [0.3, 0.4) is 0 Å². The lowest BCUT2D eigenvalue weighted by atomic mass is 9.90. The van der Waals surface area contributed by atoms with Gasteiger partial charge in [0.1, 0.15) is 12.4 Å². The Balaban J connectivity index is 1.21. The highest BCUT2D eigenvalue weighted by Crippen LogP contribution is 2.47. The van der Waals surface area contributed by atoms with Crippen molar-refractivity contribution in [1.29, 1.82) is 0 Å². The number of hydrogen-bond acceptors (Lipinski definition) is 9. The van der Waals surface area contributed by atoms with Crippen LogP contribution in [0.4, 0.5) is 29.1 Å². The largest absolute Gasteiger partial charge is 0.461 e. The van der Waals surface area contributed by atoms with Crippen molar-refractivity contribution in [3.05, 3.63) is 68.9 Å². The summed E-state index contributed by atoms with van der Waals surface area (Å²) in [5, 5.41) is 4.80. The minimum atomic E-state index is -4.93. The number of aromatic nitrogens is 4. The molecule has 54 heavy (non-hydrogen) atoms. The fourth-order valence-corrected chi connectivity index (χ4v) is 8.81. The van der Waals surface area contributed by atoms with Crippen molar-refractivity contribution in [2.45, 2.75) is 95.3 Å². The lowest BCUT2D eigenvalue weighted by Crippen LogP contribution is -2.43. The van der Waals surface area contributed by atoms with Crippen molar-refractivity contribution in [2.75, 3.05) is 51.0 Å². The number of benzene rings is 1. The van der Waals surface area contributed by atoms with Crippen LogP contribution in [-0.4, -0.2) is 81.3 Å². The predicted molar refractivity (Wildman–Crippen MR) is 192 cm³/mol. The molecule has 15 heteroatoms. The van der Waals surface area contributed by atoms with Crippen molar-refractivity contribution >= 4 is 17.4 Å². The third-order valence-corrected chi connectivity index (χ3v) is 11.4. The Kier molecular flexibility index (Phi) is 9.12. The molecule has 1 aliphatic carbocycles. The van der Waals surface area contributed by atoms with Crippen LogP contribution in [-0.2, 0) is 37.0 Å². The first kappa shape index (κ1) is 36.3. The first-order valence-corrected chi connectivity index (χ1v) is 18.5. The molecule has 0 radical (unpaired) electrons. The number of anilines is 2. The molecular formula is C39H44F4N8O3. The number of nitrogens with two attached hydrogens (primary N) is 1. The molecule has 5 aliphatic rings. The molecule has 6 heterocycles. The van der Waals surface area contributed by atoms with E-state index in [4.69, 9.17) is 30.3 Å². The lowest BCUT2D eigenvalue weighted by molar-refractivity contribution is -0.140. The maximum Gasteiger partial charge on any atom is 0.418 e. The zero-order valence-corrected chi connectivity index (χ0v) is 30.8. The first-order chi connectivity index (χ1) is 25.8. The average Bonchev–Trinajstić information content (AvgIpc) is 3.75. The standard InChI is InChI=1S/C39H44F4N8O3/c1-5-8-24-15-26(44)33(40)31(32(24)39(41,42)43)29-16-27-25(20-53-29)35(46-37(45-27)54-21-38-11-6-13-50(38)18-22(2)17-38)49-12-7-14-51-28(19-49)30(23-9-10-23)34(47-51)36(52)48(3)4/h15,23,29H,2,6-7,9-14,16-21,44H2,1,3-4H3. The van der Waals surface area contributed by atoms with Crippen molar-refractivity contribution in [3.8, 4) is 17.9 Å². The number of nitrogens with zero attached hydrogens (tertiary/aromatic N) is 7. The zero-order valence-electron chi connectivity index (χ0n) is 30.8. The second-order valence-electron chi connectivity index (χ2n) is 15.4. The van der Waals surface area contributed by atoms with Crippen LogP contribution in [0.2, 0.25) is 0 Å². The van der Waals surface area contributed by atoms with E-state index in [-0.39, 0.29) is 36.4 Å². The molecule has 2 unspecified atom stereocenters. The Morgan fingerprint density at radius 3 is 2.69 bits per heavy atom. The average molecular weight is 749 g/mol. The van der Waals surface area contributed by atoms with Crippen molar-refractivity contribution < 1.29 is 31.8 Å². The SMILES string of the molecule is C=C1CN2CCCC2(COc2nc3c(c(N4CCCn5nc(C(=O)N(C)C)c(C6CC6)c5C4)n2)COC(c2c(F)c(N)cc(C#CC)c2C(F)(F)F)C3)C1. The van der Waals surface area contributed by atoms with E-state index >= 15 is 4.39 Å². The van der Waals surface area contributed by atoms with Crippen molar-refractivity contribution in [2.24, 2.45) is 0 Å². The van der Waals surface area contributed by atoms with Crippen LogP contribution in [0.5, 0.6) is 6.01 Å². The molecule has 0 bridgehead atoms. The van der Waals surface area contributed by atoms with Crippen LogP contribution in [0.25, 0.3) is 0 Å². The monoisotopic (exact) mass is 748 g/mol. The molecule has 3 fully saturated rings. The van der Waals surface area contributed by atoms with Gasteiger partial charge < -0.3 is 25.0 Å². The van der Waals surface area contributed by atoms with Gasteiger partial charge in [-0.3, -0.25) is 14.4 Å². The summed E-state index contributed by atoms with van der Waals surface area (Å²) in [6.45, 7) is 9.09. The molecule has 2 saturated heterocycles. The van der Waals surface area contributed by atoms with Crippen molar-refractivity contribution in [1.82, 2.24) is 29.5 Å². The summed E-state index contributed by atoms with van der Waals surface area (Å²) < 4.78 is 74.3. The Hall–Kier alpha value is -4.68. The number of alkyl halides is 3. The molecule has 1 aromatic carbocycles. The summed E-state index contributed by atoms with van der Waals surface area (Å²) in [7, 11) is 3.43. The number of ether oxygens (including phenoxy) is 2. The Morgan fingerprint density at radius 1 is 1.17 bits per heavy atom. The van der Waals surface area contributed by atoms with Gasteiger partial charge in [0.05, 0.1) is 47.4 Å². The van der Waals surface area contributed by atoms with E-state index in [1.165, 1.54) is 6.92 Å². The number of fused-ring (bicyclic) bond motifs is 3. The molecule has 1 amide bonds. The fraction of sp³-hybridized carbons (Fsp3) is 0.538. The van der Waals surface area contributed by atoms with Gasteiger partial charge in [-0.15, -0.1) is 5.92 Å². The van der Waals surface area contributed by atoms with Crippen LogP contribution in [0, 0.1) is 17.7 Å². The number of nitrogen functional groups attached to an aromatic ring is 1. The van der Waals surface area contributed by atoms with Gasteiger partial charge in [-0.2, -0.15) is 28.2 Å². The van der Waals surface area contributed by atoms with Gasteiger partial charge in [0.2, 0.25) is 0 Å². The maximum atomic E-state index is 15.8. The number of aryl methyl sites for hydroxylation is 1. The quantitative estimate of drug-likeness (QED) is 0.140. The number of rotatable bonds is 7. The predicted octanol–water partition coefficient (Wildman–Crippen LogP) is 5.76. The topological polar surface area (TPSA) is 115 Å². The van der Waals surface area contributed by atoms with Crippen LogP contribution >= 0.6 is 0 Å². The first-order valence-electron chi connectivity index (χ1n) is 18.5. The van der Waals surface area contributed by atoms with Gasteiger partial charge in [0, 0.05) is 62.4 Å². The summed E-state index contributed by atoms with van der Waals surface area (Å²) in [4.78, 5) is 29.1. The van der Waals surface area contributed by atoms with E-state index in [1.54, 1.807) is 19.0 Å². The molecule has 2 N–H and O–H groups in total. The molecule has 0 spiro atoms. The number of carbonyl (C=O) groups excluding carboxylic acids is 1. The summed E-state index contributed by atoms with van der Waals surface area (Å²) in [6.07, 6.45) is -1.07. The molecular weight excluding hydrogens is 704 g/mol. The van der Waals surface area contributed by atoms with Gasteiger partial charge in [-0.25, -0.2) is 4.39 Å². The number of carbonyl (C=O) groups is 1. The third kappa shape index (κ3) is 6.36. The highest BCUT2D eigenvalue weighted by molar-refractivity contribution is 5.94. The maximum absolute atomic E-state index is 15.8. The van der Waals surface area contributed by atoms with Crippen LogP contribution in [0.1, 0.15) is 107 Å². The zero-order chi connectivity index (χ0) is 38.1. The lowest BCUT2D eigenvalue weighted by Gasteiger charge is -2.33. The van der Waals surface area contributed by atoms with Gasteiger partial charge >= 0.3 is 12.2 Å². The summed E-state index contributed by atoms with van der Waals surface area (Å²) in [5.41, 5.74) is 7.44.